The monoisotopic (exact) mass is 532 g/mol. The van der Waals surface area contributed by atoms with Crippen molar-refractivity contribution in [3.8, 4) is 22.8 Å². The molecule has 1 amide bonds. The number of fused-ring (bicyclic) bond motifs is 3. The Morgan fingerprint density at radius 3 is 2.49 bits per heavy atom. The number of rotatable bonds is 8. The van der Waals surface area contributed by atoms with E-state index >= 15 is 0 Å². The molecule has 1 aromatic heterocycles. The minimum atomic E-state index is -0.494. The number of benzene rings is 2. The van der Waals surface area contributed by atoms with Gasteiger partial charge in [-0.3, -0.25) is 13.9 Å². The zero-order valence-corrected chi connectivity index (χ0v) is 23.1. The van der Waals surface area contributed by atoms with Crippen molar-refractivity contribution >= 4 is 11.6 Å². The highest BCUT2D eigenvalue weighted by Crippen LogP contribution is 2.37. The van der Waals surface area contributed by atoms with Gasteiger partial charge in [-0.15, -0.1) is 0 Å². The van der Waals surface area contributed by atoms with Crippen LogP contribution in [0.4, 0.5) is 5.69 Å². The Morgan fingerprint density at radius 1 is 1.13 bits per heavy atom. The topological polar surface area (TPSA) is 139 Å². The van der Waals surface area contributed by atoms with Crippen LogP contribution in [-0.2, 0) is 24.3 Å². The molecule has 0 saturated carbocycles. The summed E-state index contributed by atoms with van der Waals surface area (Å²) < 4.78 is 14.7. The van der Waals surface area contributed by atoms with Crippen molar-refractivity contribution < 1.29 is 14.3 Å². The van der Waals surface area contributed by atoms with E-state index in [2.05, 4.69) is 17.4 Å². The molecule has 10 nitrogen and oxygen atoms in total. The number of methoxy groups -OCH3 is 1. The number of carbonyl (C=O) groups is 1. The molecular weight excluding hydrogens is 496 g/mol. The highest BCUT2D eigenvalue weighted by molar-refractivity contribution is 5.92. The maximum atomic E-state index is 13.9. The summed E-state index contributed by atoms with van der Waals surface area (Å²) in [6, 6.07) is 9.97. The standard InChI is InChI=1S/C29H36N6O4/c1-6-39-25-13-20-7-9-34-23(21(20)14-24(25)38-5)15-26(33-27-18(3)11-17(2)12-19(27)4)35(29(34)37)10-8-32-28(36)22(31)16-30/h11-16H,6-10,30-31H2,1-5H3,(H,32,36)/b22-16-,33-26?. The summed E-state index contributed by atoms with van der Waals surface area (Å²) in [5, 5.41) is 2.71. The Morgan fingerprint density at radius 2 is 1.85 bits per heavy atom. The predicted octanol–water partition coefficient (Wildman–Crippen LogP) is 2.31. The van der Waals surface area contributed by atoms with Crippen LogP contribution in [0.5, 0.6) is 11.5 Å². The van der Waals surface area contributed by atoms with Crippen molar-refractivity contribution in [2.24, 2.45) is 16.5 Å². The number of nitrogens with two attached hydrogens (primary N) is 2. The molecule has 3 aromatic rings. The van der Waals surface area contributed by atoms with E-state index in [-0.39, 0.29) is 24.5 Å². The molecule has 10 heteroatoms. The molecule has 0 radical (unpaired) electrons. The first-order valence-electron chi connectivity index (χ1n) is 12.9. The lowest BCUT2D eigenvalue weighted by Gasteiger charge is -2.25. The van der Waals surface area contributed by atoms with Crippen LogP contribution in [0.3, 0.4) is 0 Å². The number of hydrogen-bond donors (Lipinski definition) is 3. The van der Waals surface area contributed by atoms with Gasteiger partial charge in [-0.25, -0.2) is 9.79 Å². The first-order valence-corrected chi connectivity index (χ1v) is 12.9. The fourth-order valence-corrected chi connectivity index (χ4v) is 5.00. The number of nitrogens with one attached hydrogen (secondary N) is 1. The Bertz CT molecular complexity index is 1560. The van der Waals surface area contributed by atoms with E-state index in [0.29, 0.717) is 36.6 Å². The third-order valence-corrected chi connectivity index (χ3v) is 6.79. The molecule has 4 rings (SSSR count). The number of amides is 1. The van der Waals surface area contributed by atoms with Crippen LogP contribution in [0, 0.1) is 20.8 Å². The normalized spacial score (nSPS) is 13.1. The smallest absolute Gasteiger partial charge is 0.330 e. The van der Waals surface area contributed by atoms with Crippen molar-refractivity contribution in [2.45, 2.75) is 47.2 Å². The van der Waals surface area contributed by atoms with Crippen LogP contribution in [0.1, 0.15) is 29.2 Å². The lowest BCUT2D eigenvalue weighted by molar-refractivity contribution is -0.117. The zero-order chi connectivity index (χ0) is 28.3. The van der Waals surface area contributed by atoms with Gasteiger partial charge in [-0.05, 0) is 62.9 Å². The van der Waals surface area contributed by atoms with Crippen LogP contribution >= 0.6 is 0 Å². The number of hydrogen-bond acceptors (Lipinski definition) is 7. The molecule has 0 spiro atoms. The summed E-state index contributed by atoms with van der Waals surface area (Å²) in [5.41, 5.74) is 17.8. The average Bonchev–Trinajstić information content (AvgIpc) is 2.91. The van der Waals surface area contributed by atoms with Crippen LogP contribution in [0.2, 0.25) is 0 Å². The van der Waals surface area contributed by atoms with E-state index in [1.165, 1.54) is 0 Å². The largest absolute Gasteiger partial charge is 0.493 e. The second-order valence-corrected chi connectivity index (χ2v) is 9.55. The van der Waals surface area contributed by atoms with E-state index in [4.69, 9.17) is 25.9 Å². The van der Waals surface area contributed by atoms with Crippen molar-refractivity contribution in [3.05, 3.63) is 80.5 Å². The van der Waals surface area contributed by atoms with Crippen LogP contribution in [0.25, 0.3) is 11.3 Å². The molecule has 39 heavy (non-hydrogen) atoms. The van der Waals surface area contributed by atoms with Gasteiger partial charge in [0.2, 0.25) is 0 Å². The highest BCUT2D eigenvalue weighted by atomic mass is 16.5. The lowest BCUT2D eigenvalue weighted by atomic mass is 9.97. The van der Waals surface area contributed by atoms with E-state index in [0.717, 1.165) is 45.4 Å². The van der Waals surface area contributed by atoms with E-state index in [9.17, 15) is 9.59 Å². The molecule has 1 aliphatic rings. The summed E-state index contributed by atoms with van der Waals surface area (Å²) in [5.74, 6) is 0.786. The molecule has 1 aliphatic heterocycles. The number of ether oxygens (including phenoxy) is 2. The van der Waals surface area contributed by atoms with Gasteiger partial charge in [-0.2, -0.15) is 0 Å². The van der Waals surface area contributed by atoms with Gasteiger partial charge < -0.3 is 26.3 Å². The van der Waals surface area contributed by atoms with Gasteiger partial charge in [0.1, 0.15) is 11.2 Å². The van der Waals surface area contributed by atoms with Gasteiger partial charge >= 0.3 is 5.69 Å². The van der Waals surface area contributed by atoms with Gasteiger partial charge in [0.15, 0.2) is 11.5 Å². The summed E-state index contributed by atoms with van der Waals surface area (Å²) in [4.78, 5) is 31.0. The van der Waals surface area contributed by atoms with Crippen molar-refractivity contribution in [1.82, 2.24) is 14.5 Å². The van der Waals surface area contributed by atoms with Gasteiger partial charge in [0.25, 0.3) is 5.91 Å². The average molecular weight is 533 g/mol. The molecule has 206 valence electrons. The van der Waals surface area contributed by atoms with Gasteiger partial charge in [0.05, 0.1) is 25.1 Å². The number of aromatic nitrogens is 2. The second-order valence-electron chi connectivity index (χ2n) is 9.55. The molecule has 0 atom stereocenters. The van der Waals surface area contributed by atoms with Gasteiger partial charge in [-0.1, -0.05) is 17.7 Å². The number of aryl methyl sites for hydroxylation is 4. The number of nitrogens with zero attached hydrogens (tertiary/aromatic N) is 3. The molecule has 0 unspecified atom stereocenters. The Kier molecular flexibility index (Phi) is 8.13. The van der Waals surface area contributed by atoms with Crippen LogP contribution < -0.4 is 37.4 Å². The third-order valence-electron chi connectivity index (χ3n) is 6.79. The van der Waals surface area contributed by atoms with Gasteiger partial charge in [0, 0.05) is 37.5 Å². The first-order chi connectivity index (χ1) is 18.7. The SMILES string of the molecule is CCOc1cc2c(cc1OC)-c1cc(=Nc3c(C)cc(C)cc3C)n(CCNC(=O)/C(N)=C/N)c(=O)n1CC2. The van der Waals surface area contributed by atoms with E-state index in [1.807, 2.05) is 45.9 Å². The molecule has 2 aromatic carbocycles. The van der Waals surface area contributed by atoms with Crippen molar-refractivity contribution in [3.63, 3.8) is 0 Å². The molecule has 0 saturated heterocycles. The molecule has 0 fully saturated rings. The minimum Gasteiger partial charge on any atom is -0.493 e. The fraction of sp³-hybridized carbons (Fsp3) is 0.345. The fourth-order valence-electron chi connectivity index (χ4n) is 5.00. The lowest BCUT2D eigenvalue weighted by Crippen LogP contribution is -2.44. The zero-order valence-electron chi connectivity index (χ0n) is 23.1. The molecular formula is C29H36N6O4. The Hall–Kier alpha value is -4.47. The summed E-state index contributed by atoms with van der Waals surface area (Å²) in [6.07, 6.45) is 1.70. The van der Waals surface area contributed by atoms with Crippen LogP contribution in [0.15, 0.2) is 52.0 Å². The second kappa shape index (κ2) is 11.5. The summed E-state index contributed by atoms with van der Waals surface area (Å²) >= 11 is 0. The minimum absolute atomic E-state index is 0.0880. The maximum absolute atomic E-state index is 13.9. The van der Waals surface area contributed by atoms with E-state index in [1.54, 1.807) is 16.2 Å². The Balaban J connectivity index is 1.91. The maximum Gasteiger partial charge on any atom is 0.330 e. The Labute approximate surface area is 227 Å². The van der Waals surface area contributed by atoms with Crippen molar-refractivity contribution in [1.29, 1.82) is 0 Å². The van der Waals surface area contributed by atoms with E-state index < -0.39 is 5.91 Å². The summed E-state index contributed by atoms with van der Waals surface area (Å²) in [7, 11) is 1.60. The summed E-state index contributed by atoms with van der Waals surface area (Å²) in [6.45, 7) is 9.37. The number of carbonyl (C=O) groups excluding carboxylic acids is 1. The predicted molar refractivity (Wildman–Crippen MR) is 151 cm³/mol. The van der Waals surface area contributed by atoms with Crippen molar-refractivity contribution in [2.75, 3.05) is 20.3 Å². The first kappa shape index (κ1) is 27.6. The molecule has 0 bridgehead atoms. The highest BCUT2D eigenvalue weighted by Gasteiger charge is 2.22. The molecule has 0 aliphatic carbocycles. The van der Waals surface area contributed by atoms with Crippen LogP contribution in [-0.4, -0.2) is 35.3 Å². The molecule has 5 N–H and O–H groups in total. The molecule has 2 heterocycles. The quantitative estimate of drug-likeness (QED) is 0.381. The third kappa shape index (κ3) is 5.55.